The first kappa shape index (κ1) is 15.2. The van der Waals surface area contributed by atoms with Crippen molar-refractivity contribution in [3.05, 3.63) is 24.2 Å². The number of ether oxygens (including phenoxy) is 1. The van der Waals surface area contributed by atoms with Crippen LogP contribution < -0.4 is 0 Å². The Kier molecular flexibility index (Phi) is 4.37. The summed E-state index contributed by atoms with van der Waals surface area (Å²) in [6.45, 7) is 4.05. The minimum Gasteiger partial charge on any atom is -0.468 e. The van der Waals surface area contributed by atoms with E-state index in [1.54, 1.807) is 6.26 Å². The number of furan rings is 1. The third-order valence-electron chi connectivity index (χ3n) is 5.12. The highest BCUT2D eigenvalue weighted by atomic mass is 16.7. The van der Waals surface area contributed by atoms with Crippen LogP contribution in [-0.2, 0) is 20.9 Å². The van der Waals surface area contributed by atoms with Crippen LogP contribution in [0.1, 0.15) is 31.4 Å². The SMILES string of the molecule is O=C([C@@H]1C[C@H]2CCN(Cc3ccco3)C[C@H]2O1)N1CCCCO1. The van der Waals surface area contributed by atoms with Gasteiger partial charge in [0, 0.05) is 13.1 Å². The van der Waals surface area contributed by atoms with E-state index in [0.29, 0.717) is 19.1 Å². The molecule has 0 radical (unpaired) electrons. The van der Waals surface area contributed by atoms with E-state index in [-0.39, 0.29) is 18.1 Å². The summed E-state index contributed by atoms with van der Waals surface area (Å²) in [4.78, 5) is 20.4. The van der Waals surface area contributed by atoms with E-state index in [0.717, 1.165) is 51.1 Å². The van der Waals surface area contributed by atoms with Gasteiger partial charge in [-0.1, -0.05) is 0 Å². The van der Waals surface area contributed by atoms with Gasteiger partial charge in [0.1, 0.15) is 11.9 Å². The Morgan fingerprint density at radius 3 is 3.04 bits per heavy atom. The van der Waals surface area contributed by atoms with Gasteiger partial charge in [0.2, 0.25) is 0 Å². The van der Waals surface area contributed by atoms with Gasteiger partial charge in [-0.25, -0.2) is 5.06 Å². The summed E-state index contributed by atoms with van der Waals surface area (Å²) in [5.74, 6) is 1.48. The van der Waals surface area contributed by atoms with Crippen LogP contribution in [0.3, 0.4) is 0 Å². The Hall–Kier alpha value is -1.37. The molecule has 0 saturated carbocycles. The molecule has 126 valence electrons. The van der Waals surface area contributed by atoms with Gasteiger partial charge in [-0.05, 0) is 50.3 Å². The van der Waals surface area contributed by atoms with E-state index in [1.165, 1.54) is 5.06 Å². The summed E-state index contributed by atoms with van der Waals surface area (Å²) in [6.07, 6.45) is 5.49. The van der Waals surface area contributed by atoms with E-state index in [2.05, 4.69) is 4.90 Å². The van der Waals surface area contributed by atoms with E-state index >= 15 is 0 Å². The second kappa shape index (κ2) is 6.63. The van der Waals surface area contributed by atoms with Crippen LogP contribution in [0.15, 0.2) is 22.8 Å². The van der Waals surface area contributed by atoms with Gasteiger partial charge in [0.25, 0.3) is 5.91 Å². The summed E-state index contributed by atoms with van der Waals surface area (Å²) >= 11 is 0. The van der Waals surface area contributed by atoms with E-state index in [9.17, 15) is 4.79 Å². The number of nitrogens with zero attached hydrogens (tertiary/aromatic N) is 2. The maximum atomic E-state index is 12.5. The van der Waals surface area contributed by atoms with Crippen LogP contribution >= 0.6 is 0 Å². The number of piperidine rings is 1. The molecule has 3 fully saturated rings. The lowest BCUT2D eigenvalue weighted by atomic mass is 9.91. The Morgan fingerprint density at radius 1 is 1.30 bits per heavy atom. The quantitative estimate of drug-likeness (QED) is 0.850. The van der Waals surface area contributed by atoms with Crippen molar-refractivity contribution in [2.75, 3.05) is 26.2 Å². The van der Waals surface area contributed by atoms with Crippen molar-refractivity contribution >= 4 is 5.91 Å². The molecule has 4 rings (SSSR count). The number of fused-ring (bicyclic) bond motifs is 1. The zero-order valence-corrected chi connectivity index (χ0v) is 13.4. The van der Waals surface area contributed by atoms with Crippen molar-refractivity contribution in [1.29, 1.82) is 0 Å². The van der Waals surface area contributed by atoms with E-state index in [1.807, 2.05) is 12.1 Å². The number of carbonyl (C=O) groups excluding carboxylic acids is 1. The van der Waals surface area contributed by atoms with Crippen LogP contribution in [0.4, 0.5) is 0 Å². The third-order valence-corrected chi connectivity index (χ3v) is 5.12. The Morgan fingerprint density at radius 2 is 2.26 bits per heavy atom. The van der Waals surface area contributed by atoms with Gasteiger partial charge in [-0.3, -0.25) is 14.5 Å². The smallest absolute Gasteiger partial charge is 0.275 e. The molecule has 3 aliphatic heterocycles. The van der Waals surface area contributed by atoms with Crippen molar-refractivity contribution in [1.82, 2.24) is 9.96 Å². The molecule has 0 unspecified atom stereocenters. The van der Waals surface area contributed by atoms with Gasteiger partial charge < -0.3 is 9.15 Å². The fourth-order valence-corrected chi connectivity index (χ4v) is 3.85. The average molecular weight is 320 g/mol. The molecule has 0 aromatic carbocycles. The van der Waals surface area contributed by atoms with Gasteiger partial charge in [0.15, 0.2) is 0 Å². The number of rotatable bonds is 3. The lowest BCUT2D eigenvalue weighted by molar-refractivity contribution is -0.206. The van der Waals surface area contributed by atoms with E-state index < -0.39 is 0 Å². The molecule has 3 saturated heterocycles. The zero-order valence-electron chi connectivity index (χ0n) is 13.4. The summed E-state index contributed by atoms with van der Waals surface area (Å²) < 4.78 is 11.5. The van der Waals surface area contributed by atoms with Gasteiger partial charge in [-0.15, -0.1) is 0 Å². The summed E-state index contributed by atoms with van der Waals surface area (Å²) in [5.41, 5.74) is 0. The zero-order chi connectivity index (χ0) is 15.6. The fraction of sp³-hybridized carbons (Fsp3) is 0.706. The number of likely N-dealkylation sites (tertiary alicyclic amines) is 1. The topological polar surface area (TPSA) is 55.2 Å². The lowest BCUT2D eigenvalue weighted by Crippen LogP contribution is -2.43. The molecule has 6 nitrogen and oxygen atoms in total. The second-order valence-electron chi connectivity index (χ2n) is 6.74. The molecule has 4 heterocycles. The number of amides is 1. The fourth-order valence-electron chi connectivity index (χ4n) is 3.85. The molecule has 23 heavy (non-hydrogen) atoms. The molecule has 3 atom stereocenters. The Labute approximate surface area is 136 Å². The third kappa shape index (κ3) is 3.29. The molecule has 0 spiro atoms. The number of carbonyl (C=O) groups is 1. The normalized spacial score (nSPS) is 32.0. The highest BCUT2D eigenvalue weighted by Crippen LogP contribution is 2.34. The predicted molar refractivity (Wildman–Crippen MR) is 82.3 cm³/mol. The molecule has 0 bridgehead atoms. The molecule has 1 aromatic rings. The first-order chi connectivity index (χ1) is 11.3. The molecular formula is C17H24N2O4. The highest BCUT2D eigenvalue weighted by Gasteiger charge is 2.43. The highest BCUT2D eigenvalue weighted by molar-refractivity contribution is 5.80. The molecule has 3 aliphatic rings. The molecule has 1 aromatic heterocycles. The summed E-state index contributed by atoms with van der Waals surface area (Å²) in [7, 11) is 0. The summed E-state index contributed by atoms with van der Waals surface area (Å²) in [5, 5.41) is 1.52. The van der Waals surface area contributed by atoms with Gasteiger partial charge >= 0.3 is 0 Å². The maximum Gasteiger partial charge on any atom is 0.275 e. The van der Waals surface area contributed by atoms with Crippen LogP contribution in [0.5, 0.6) is 0 Å². The van der Waals surface area contributed by atoms with Crippen molar-refractivity contribution in [3.8, 4) is 0 Å². The van der Waals surface area contributed by atoms with Crippen LogP contribution in [-0.4, -0.2) is 54.3 Å². The predicted octanol–water partition coefficient (Wildman–Crippen LogP) is 1.81. The molecule has 0 aliphatic carbocycles. The number of hydroxylamine groups is 2. The van der Waals surface area contributed by atoms with Crippen molar-refractivity contribution in [3.63, 3.8) is 0 Å². The van der Waals surface area contributed by atoms with Crippen molar-refractivity contribution in [2.45, 2.75) is 44.4 Å². The number of hydrogen-bond acceptors (Lipinski definition) is 5. The Balaban J connectivity index is 1.33. The van der Waals surface area contributed by atoms with Crippen LogP contribution in [0, 0.1) is 5.92 Å². The first-order valence-corrected chi connectivity index (χ1v) is 8.64. The summed E-state index contributed by atoms with van der Waals surface area (Å²) in [6, 6.07) is 3.92. The minimum atomic E-state index is -0.327. The first-order valence-electron chi connectivity index (χ1n) is 8.64. The Bertz CT molecular complexity index is 527. The monoisotopic (exact) mass is 320 g/mol. The van der Waals surface area contributed by atoms with Gasteiger partial charge in [0.05, 0.1) is 25.5 Å². The standard InChI is InChI=1S/C17H24N2O4/c20-17(19-6-1-2-9-22-19)15-10-13-5-7-18(12-16(13)23-15)11-14-4-3-8-21-14/h3-4,8,13,15-16H,1-2,5-7,9-12H2/t13-,15+,16-/m1/s1. The molecule has 0 N–H and O–H groups in total. The maximum absolute atomic E-state index is 12.5. The van der Waals surface area contributed by atoms with Crippen molar-refractivity contribution in [2.24, 2.45) is 5.92 Å². The lowest BCUT2D eigenvalue weighted by Gasteiger charge is -2.33. The molecular weight excluding hydrogens is 296 g/mol. The van der Waals surface area contributed by atoms with Crippen LogP contribution in [0.25, 0.3) is 0 Å². The van der Waals surface area contributed by atoms with E-state index in [4.69, 9.17) is 14.0 Å². The molecule has 1 amide bonds. The number of hydrogen-bond donors (Lipinski definition) is 0. The average Bonchev–Trinajstić information content (AvgIpc) is 3.24. The molecule has 6 heteroatoms. The van der Waals surface area contributed by atoms with Gasteiger partial charge in [-0.2, -0.15) is 0 Å². The van der Waals surface area contributed by atoms with Crippen LogP contribution in [0.2, 0.25) is 0 Å². The minimum absolute atomic E-state index is 0.0108. The van der Waals surface area contributed by atoms with Crippen molar-refractivity contribution < 1.29 is 18.8 Å². The largest absolute Gasteiger partial charge is 0.468 e. The second-order valence-corrected chi connectivity index (χ2v) is 6.74.